The molecule has 0 saturated carbocycles. The van der Waals surface area contributed by atoms with E-state index in [4.69, 9.17) is 16.3 Å². The second-order valence-corrected chi connectivity index (χ2v) is 5.87. The van der Waals surface area contributed by atoms with Crippen LogP contribution < -0.4 is 4.74 Å². The molecule has 0 N–H and O–H groups in total. The molecule has 0 saturated heterocycles. The van der Waals surface area contributed by atoms with E-state index in [1.807, 2.05) is 43.3 Å². The van der Waals surface area contributed by atoms with Gasteiger partial charge in [0.25, 0.3) is 0 Å². The third kappa shape index (κ3) is 2.61. The van der Waals surface area contributed by atoms with Crippen LogP contribution in [0.1, 0.15) is 5.56 Å². The van der Waals surface area contributed by atoms with Crippen LogP contribution in [-0.4, -0.2) is 17.1 Å². The van der Waals surface area contributed by atoms with Crippen molar-refractivity contribution in [3.63, 3.8) is 0 Å². The van der Waals surface area contributed by atoms with Crippen LogP contribution in [0.5, 0.6) is 5.75 Å². The number of nitrogens with zero attached hydrogens (tertiary/aromatic N) is 2. The number of aromatic nitrogens is 2. The molecule has 0 spiro atoms. The van der Waals surface area contributed by atoms with Gasteiger partial charge >= 0.3 is 0 Å². The molecule has 1 aromatic heterocycles. The van der Waals surface area contributed by atoms with Crippen LogP contribution in [0.3, 0.4) is 0 Å². The van der Waals surface area contributed by atoms with Gasteiger partial charge in [-0.25, -0.2) is 9.97 Å². The highest BCUT2D eigenvalue weighted by Crippen LogP contribution is 2.32. The van der Waals surface area contributed by atoms with Crippen molar-refractivity contribution >= 4 is 38.4 Å². The number of hydrogen-bond donors (Lipinski definition) is 0. The van der Waals surface area contributed by atoms with Crippen molar-refractivity contribution in [1.82, 2.24) is 9.97 Å². The summed E-state index contributed by atoms with van der Waals surface area (Å²) < 4.78 is 6.06. The van der Waals surface area contributed by atoms with Crippen molar-refractivity contribution in [3.05, 3.63) is 51.6 Å². The Hall–Kier alpha value is -1.65. The number of methoxy groups -OCH3 is 1. The van der Waals surface area contributed by atoms with Crippen molar-refractivity contribution in [2.24, 2.45) is 0 Å². The standard InChI is InChI=1S/C16H12BrClN2O/c1-9-3-8-12(17)13-14(9)19-16(20-15(13)18)10-4-6-11(21-2)7-5-10/h3-8H,1-2H3. The van der Waals surface area contributed by atoms with Gasteiger partial charge in [-0.1, -0.05) is 17.7 Å². The number of aryl methyl sites for hydroxylation is 1. The summed E-state index contributed by atoms with van der Waals surface area (Å²) in [4.78, 5) is 9.07. The first-order valence-corrected chi connectivity index (χ1v) is 7.54. The number of benzene rings is 2. The average molecular weight is 364 g/mol. The summed E-state index contributed by atoms with van der Waals surface area (Å²) in [5.74, 6) is 1.40. The predicted octanol–water partition coefficient (Wildman–Crippen LogP) is 5.03. The number of fused-ring (bicyclic) bond motifs is 1. The second-order valence-electron chi connectivity index (χ2n) is 4.65. The number of rotatable bonds is 2. The van der Waals surface area contributed by atoms with E-state index < -0.39 is 0 Å². The molecule has 0 aliphatic carbocycles. The van der Waals surface area contributed by atoms with Gasteiger partial charge in [0.15, 0.2) is 5.82 Å². The maximum Gasteiger partial charge on any atom is 0.161 e. The lowest BCUT2D eigenvalue weighted by molar-refractivity contribution is 0.415. The Bertz CT molecular complexity index is 819. The normalized spacial score (nSPS) is 10.9. The topological polar surface area (TPSA) is 35.0 Å². The molecule has 3 aromatic rings. The predicted molar refractivity (Wildman–Crippen MR) is 89.0 cm³/mol. The Balaban J connectivity index is 2.22. The molecule has 0 unspecified atom stereocenters. The van der Waals surface area contributed by atoms with Gasteiger partial charge in [0.2, 0.25) is 0 Å². The van der Waals surface area contributed by atoms with Crippen LogP contribution in [0, 0.1) is 6.92 Å². The summed E-state index contributed by atoms with van der Waals surface area (Å²) in [5.41, 5.74) is 2.82. The van der Waals surface area contributed by atoms with Crippen LogP contribution in [0.2, 0.25) is 5.15 Å². The summed E-state index contributed by atoms with van der Waals surface area (Å²) >= 11 is 9.84. The number of halogens is 2. The van der Waals surface area contributed by atoms with Gasteiger partial charge in [-0.2, -0.15) is 0 Å². The molecule has 0 aliphatic heterocycles. The molecule has 2 aromatic carbocycles. The summed E-state index contributed by atoms with van der Waals surface area (Å²) in [5, 5.41) is 1.29. The maximum atomic E-state index is 6.34. The lowest BCUT2D eigenvalue weighted by atomic mass is 10.1. The van der Waals surface area contributed by atoms with Crippen LogP contribution in [0.15, 0.2) is 40.9 Å². The third-order valence-electron chi connectivity index (χ3n) is 3.31. The Morgan fingerprint density at radius 2 is 1.76 bits per heavy atom. The molecule has 1 heterocycles. The van der Waals surface area contributed by atoms with Crippen molar-refractivity contribution in [3.8, 4) is 17.1 Å². The quantitative estimate of drug-likeness (QED) is 0.599. The molecule has 0 radical (unpaired) electrons. The highest BCUT2D eigenvalue weighted by Gasteiger charge is 2.12. The monoisotopic (exact) mass is 362 g/mol. The van der Waals surface area contributed by atoms with Crippen LogP contribution in [0.25, 0.3) is 22.3 Å². The highest BCUT2D eigenvalue weighted by molar-refractivity contribution is 9.10. The zero-order valence-corrected chi connectivity index (χ0v) is 13.9. The summed E-state index contributed by atoms with van der Waals surface area (Å²) in [6.07, 6.45) is 0. The van der Waals surface area contributed by atoms with Gasteiger partial charge in [-0.05, 0) is 58.7 Å². The molecule has 3 nitrogen and oxygen atoms in total. The third-order valence-corrected chi connectivity index (χ3v) is 4.24. The minimum atomic E-state index is 0.446. The first kappa shape index (κ1) is 14.3. The summed E-state index contributed by atoms with van der Waals surface area (Å²) in [6.45, 7) is 2.01. The van der Waals surface area contributed by atoms with Crippen molar-refractivity contribution < 1.29 is 4.74 Å². The van der Waals surface area contributed by atoms with Crippen molar-refractivity contribution in [1.29, 1.82) is 0 Å². The molecule has 0 bridgehead atoms. The summed E-state index contributed by atoms with van der Waals surface area (Å²) in [7, 11) is 1.64. The van der Waals surface area contributed by atoms with Gasteiger partial charge in [0.05, 0.1) is 18.0 Å². The SMILES string of the molecule is COc1ccc(-c2nc(Cl)c3c(Br)ccc(C)c3n2)cc1. The first-order valence-electron chi connectivity index (χ1n) is 6.37. The largest absolute Gasteiger partial charge is 0.497 e. The van der Waals surface area contributed by atoms with Gasteiger partial charge in [-0.15, -0.1) is 0 Å². The van der Waals surface area contributed by atoms with E-state index in [1.54, 1.807) is 7.11 Å². The molecule has 21 heavy (non-hydrogen) atoms. The van der Waals surface area contributed by atoms with Crippen LogP contribution >= 0.6 is 27.5 Å². The maximum absolute atomic E-state index is 6.34. The molecule has 0 amide bonds. The lowest BCUT2D eigenvalue weighted by Gasteiger charge is -2.09. The average Bonchev–Trinajstić information content (AvgIpc) is 2.50. The van der Waals surface area contributed by atoms with E-state index in [2.05, 4.69) is 25.9 Å². The fourth-order valence-electron chi connectivity index (χ4n) is 2.16. The van der Waals surface area contributed by atoms with Gasteiger partial charge in [-0.3, -0.25) is 0 Å². The zero-order valence-electron chi connectivity index (χ0n) is 11.5. The van der Waals surface area contributed by atoms with Crippen molar-refractivity contribution in [2.45, 2.75) is 6.92 Å². The van der Waals surface area contributed by atoms with Gasteiger partial charge < -0.3 is 4.74 Å². The first-order chi connectivity index (χ1) is 10.1. The molecule has 0 fully saturated rings. The Morgan fingerprint density at radius 1 is 1.05 bits per heavy atom. The second kappa shape index (κ2) is 5.62. The van der Waals surface area contributed by atoms with Gasteiger partial charge in [0, 0.05) is 10.0 Å². The van der Waals surface area contributed by atoms with Crippen LogP contribution in [0.4, 0.5) is 0 Å². The van der Waals surface area contributed by atoms with E-state index in [0.29, 0.717) is 11.0 Å². The molecular weight excluding hydrogens is 352 g/mol. The van der Waals surface area contributed by atoms with Crippen molar-refractivity contribution in [2.75, 3.05) is 7.11 Å². The minimum Gasteiger partial charge on any atom is -0.497 e. The Labute approximate surface area is 136 Å². The van der Waals surface area contributed by atoms with E-state index in [1.165, 1.54) is 0 Å². The molecule has 5 heteroatoms. The molecule has 0 atom stereocenters. The molecule has 0 aliphatic rings. The fraction of sp³-hybridized carbons (Fsp3) is 0.125. The van der Waals surface area contributed by atoms with E-state index in [-0.39, 0.29) is 0 Å². The molecular formula is C16H12BrClN2O. The fourth-order valence-corrected chi connectivity index (χ4v) is 3.05. The van der Waals surface area contributed by atoms with E-state index in [9.17, 15) is 0 Å². The summed E-state index contributed by atoms with van der Waals surface area (Å²) in [6, 6.07) is 11.6. The Morgan fingerprint density at radius 3 is 2.43 bits per heavy atom. The van der Waals surface area contributed by atoms with E-state index >= 15 is 0 Å². The highest BCUT2D eigenvalue weighted by atomic mass is 79.9. The smallest absolute Gasteiger partial charge is 0.161 e. The van der Waals surface area contributed by atoms with Crippen LogP contribution in [-0.2, 0) is 0 Å². The zero-order chi connectivity index (χ0) is 15.0. The Kier molecular flexibility index (Phi) is 3.83. The molecule has 106 valence electrons. The van der Waals surface area contributed by atoms with Gasteiger partial charge in [0.1, 0.15) is 10.9 Å². The molecule has 3 rings (SSSR count). The minimum absolute atomic E-state index is 0.446. The van der Waals surface area contributed by atoms with E-state index in [0.717, 1.165) is 32.3 Å². The number of hydrogen-bond acceptors (Lipinski definition) is 3. The lowest BCUT2D eigenvalue weighted by Crippen LogP contribution is -1.94. The number of ether oxygens (including phenoxy) is 1.